The van der Waals surface area contributed by atoms with Crippen molar-refractivity contribution in [1.82, 2.24) is 4.90 Å². The van der Waals surface area contributed by atoms with Crippen molar-refractivity contribution in [3.63, 3.8) is 0 Å². The molecule has 4 nitrogen and oxygen atoms in total. The molecule has 1 aliphatic heterocycles. The van der Waals surface area contributed by atoms with Gasteiger partial charge in [-0.3, -0.25) is 4.90 Å². The lowest BCUT2D eigenvalue weighted by molar-refractivity contribution is 0.0328. The van der Waals surface area contributed by atoms with Crippen LogP contribution in [0.2, 0.25) is 0 Å². The van der Waals surface area contributed by atoms with E-state index in [0.29, 0.717) is 6.61 Å². The van der Waals surface area contributed by atoms with E-state index in [0.717, 1.165) is 68.0 Å². The zero-order valence-corrected chi connectivity index (χ0v) is 24.8. The number of rotatable bonds is 11. The molecule has 1 saturated heterocycles. The Morgan fingerprint density at radius 3 is 2.07 bits per heavy atom. The van der Waals surface area contributed by atoms with Gasteiger partial charge in [0.25, 0.3) is 0 Å². The molecule has 1 fully saturated rings. The first-order valence-electron chi connectivity index (χ1n) is 15.1. The van der Waals surface area contributed by atoms with Gasteiger partial charge in [0.05, 0.1) is 6.61 Å². The number of hydrogen-bond donors (Lipinski definition) is 1. The zero-order chi connectivity index (χ0) is 28.7. The number of unbranched alkanes of at least 4 members (excludes halogenated alkanes) is 1. The smallest absolute Gasteiger partial charge is 0.123 e. The van der Waals surface area contributed by atoms with Gasteiger partial charge in [0.2, 0.25) is 0 Å². The van der Waals surface area contributed by atoms with Gasteiger partial charge in [-0.15, -0.1) is 0 Å². The molecule has 0 amide bonds. The summed E-state index contributed by atoms with van der Waals surface area (Å²) in [6.07, 6.45) is 2.13. The molecule has 1 N–H and O–H groups in total. The van der Waals surface area contributed by atoms with Gasteiger partial charge in [0.15, 0.2) is 0 Å². The summed E-state index contributed by atoms with van der Waals surface area (Å²) in [4.78, 5) is 5.03. The molecule has 4 aromatic rings. The van der Waals surface area contributed by atoms with Crippen molar-refractivity contribution in [2.75, 3.05) is 44.2 Å². The predicted molar refractivity (Wildman–Crippen MR) is 170 cm³/mol. The number of aliphatic hydroxyl groups is 1. The van der Waals surface area contributed by atoms with Crippen molar-refractivity contribution >= 4 is 5.69 Å². The topological polar surface area (TPSA) is 35.9 Å². The van der Waals surface area contributed by atoms with Gasteiger partial charge < -0.3 is 14.7 Å². The zero-order valence-electron chi connectivity index (χ0n) is 24.8. The van der Waals surface area contributed by atoms with Crippen LogP contribution in [0.25, 0.3) is 0 Å². The maximum atomic E-state index is 12.9. The van der Waals surface area contributed by atoms with Crippen LogP contribution >= 0.6 is 0 Å². The van der Waals surface area contributed by atoms with Crippen LogP contribution in [-0.2, 0) is 5.60 Å². The van der Waals surface area contributed by atoms with E-state index in [4.69, 9.17) is 4.74 Å². The summed E-state index contributed by atoms with van der Waals surface area (Å²) in [5.74, 6) is 0.682. The van der Waals surface area contributed by atoms with Gasteiger partial charge in [-0.2, -0.15) is 0 Å². The summed E-state index contributed by atoms with van der Waals surface area (Å²) < 4.78 is 5.95. The summed E-state index contributed by atoms with van der Waals surface area (Å²) in [6, 6.07) is 35.5. The molecule has 1 heterocycles. The van der Waals surface area contributed by atoms with E-state index < -0.39 is 5.60 Å². The minimum atomic E-state index is -1.21. The van der Waals surface area contributed by atoms with Gasteiger partial charge >= 0.3 is 0 Å². The minimum Gasteiger partial charge on any atom is -0.494 e. The fraction of sp³-hybridized carbons (Fsp3) is 0.351. The van der Waals surface area contributed by atoms with Crippen LogP contribution in [0.1, 0.15) is 53.5 Å². The molecule has 4 heteroatoms. The Balaban J connectivity index is 1.45. The number of aryl methyl sites for hydroxylation is 2. The van der Waals surface area contributed by atoms with Gasteiger partial charge in [-0.1, -0.05) is 98.3 Å². The average Bonchev–Trinajstić information content (AvgIpc) is 3.02. The second-order valence-corrected chi connectivity index (χ2v) is 11.4. The van der Waals surface area contributed by atoms with Crippen molar-refractivity contribution in [1.29, 1.82) is 0 Å². The van der Waals surface area contributed by atoms with Crippen molar-refractivity contribution in [3.8, 4) is 5.75 Å². The summed E-state index contributed by atoms with van der Waals surface area (Å²) in [6.45, 7) is 11.8. The Kier molecular flexibility index (Phi) is 9.43. The molecule has 1 aliphatic rings. The molecular formula is C37H44N2O2. The number of hydrogen-bond acceptors (Lipinski definition) is 4. The standard InChI is InChI=1S/C37H44N2O2/c1-4-5-26-41-34-20-18-33(19-21-34)37(40,32-14-10-7-11-15-32)35(31-12-8-6-9-13-31)28-38-22-24-39(25-23-38)36-27-29(2)16-17-30(36)3/h6-21,27,35,40H,4-5,22-26,28H2,1-3H3/t35-,37-/m1/s1. The number of anilines is 1. The van der Waals surface area contributed by atoms with E-state index in [1.165, 1.54) is 16.8 Å². The molecule has 2 atom stereocenters. The first kappa shape index (κ1) is 28.9. The van der Waals surface area contributed by atoms with Gasteiger partial charge in [0, 0.05) is 44.3 Å². The third kappa shape index (κ3) is 6.66. The van der Waals surface area contributed by atoms with Crippen LogP contribution < -0.4 is 9.64 Å². The number of benzene rings is 4. The second-order valence-electron chi connectivity index (χ2n) is 11.4. The van der Waals surface area contributed by atoms with Crippen molar-refractivity contribution in [2.45, 2.75) is 45.1 Å². The molecular weight excluding hydrogens is 504 g/mol. The highest BCUT2D eigenvalue weighted by molar-refractivity contribution is 5.55. The Bertz CT molecular complexity index is 1370. The Morgan fingerprint density at radius 2 is 1.41 bits per heavy atom. The quantitative estimate of drug-likeness (QED) is 0.199. The van der Waals surface area contributed by atoms with Crippen molar-refractivity contribution in [2.24, 2.45) is 0 Å². The Morgan fingerprint density at radius 1 is 0.780 bits per heavy atom. The van der Waals surface area contributed by atoms with Crippen LogP contribution in [0.3, 0.4) is 0 Å². The lowest BCUT2D eigenvalue weighted by Crippen LogP contribution is -2.50. The van der Waals surface area contributed by atoms with Gasteiger partial charge in [-0.25, -0.2) is 0 Å². The minimum absolute atomic E-state index is 0.162. The fourth-order valence-electron chi connectivity index (χ4n) is 6.05. The molecule has 0 aromatic heterocycles. The predicted octanol–water partition coefficient (Wildman–Crippen LogP) is 7.32. The molecule has 0 radical (unpaired) electrons. The van der Waals surface area contributed by atoms with Crippen LogP contribution in [0.5, 0.6) is 5.75 Å². The summed E-state index contributed by atoms with van der Waals surface area (Å²) in [7, 11) is 0. The monoisotopic (exact) mass is 548 g/mol. The van der Waals surface area contributed by atoms with E-state index in [1.807, 2.05) is 48.5 Å². The molecule has 0 bridgehead atoms. The van der Waals surface area contributed by atoms with E-state index in [9.17, 15) is 5.11 Å². The summed E-state index contributed by atoms with van der Waals surface area (Å²) >= 11 is 0. The average molecular weight is 549 g/mol. The molecule has 41 heavy (non-hydrogen) atoms. The van der Waals surface area contributed by atoms with Crippen LogP contribution in [0.15, 0.2) is 103 Å². The molecule has 0 aliphatic carbocycles. The highest BCUT2D eigenvalue weighted by Gasteiger charge is 2.42. The highest BCUT2D eigenvalue weighted by Crippen LogP contribution is 2.43. The van der Waals surface area contributed by atoms with Gasteiger partial charge in [0.1, 0.15) is 11.4 Å². The Hall–Kier alpha value is -3.60. The maximum absolute atomic E-state index is 12.9. The highest BCUT2D eigenvalue weighted by atomic mass is 16.5. The van der Waals surface area contributed by atoms with Crippen molar-refractivity contribution in [3.05, 3.63) is 131 Å². The van der Waals surface area contributed by atoms with E-state index in [-0.39, 0.29) is 5.92 Å². The second kappa shape index (κ2) is 13.4. The fourth-order valence-corrected chi connectivity index (χ4v) is 6.05. The lowest BCUT2D eigenvalue weighted by Gasteiger charge is -2.43. The summed E-state index contributed by atoms with van der Waals surface area (Å²) in [5.41, 5.74) is 5.68. The molecule has 214 valence electrons. The SMILES string of the molecule is CCCCOc1ccc([C@](O)(c2ccccc2)[C@H](CN2CCN(c3cc(C)ccc3C)CC2)c2ccccc2)cc1. The van der Waals surface area contributed by atoms with Crippen LogP contribution in [-0.4, -0.2) is 49.3 Å². The van der Waals surface area contributed by atoms with Gasteiger partial charge in [-0.05, 0) is 66.3 Å². The first-order chi connectivity index (χ1) is 20.0. The molecule has 0 saturated carbocycles. The molecule has 0 unspecified atom stereocenters. The largest absolute Gasteiger partial charge is 0.494 e. The maximum Gasteiger partial charge on any atom is 0.123 e. The van der Waals surface area contributed by atoms with E-state index >= 15 is 0 Å². The lowest BCUT2D eigenvalue weighted by atomic mass is 9.72. The van der Waals surface area contributed by atoms with Crippen molar-refractivity contribution < 1.29 is 9.84 Å². The molecule has 0 spiro atoms. The normalized spacial score (nSPS) is 16.2. The van der Waals surface area contributed by atoms with E-state index in [1.54, 1.807) is 0 Å². The first-order valence-corrected chi connectivity index (χ1v) is 15.1. The number of piperazine rings is 1. The van der Waals surface area contributed by atoms with E-state index in [2.05, 4.69) is 85.2 Å². The number of nitrogens with zero attached hydrogens (tertiary/aromatic N) is 2. The third-order valence-corrected chi connectivity index (χ3v) is 8.50. The third-order valence-electron chi connectivity index (χ3n) is 8.50. The summed E-state index contributed by atoms with van der Waals surface area (Å²) in [5, 5.41) is 12.9. The van der Waals surface area contributed by atoms with Crippen LogP contribution in [0, 0.1) is 13.8 Å². The number of ether oxygens (including phenoxy) is 1. The molecule has 5 rings (SSSR count). The molecule has 4 aromatic carbocycles. The Labute approximate surface area is 246 Å². The van der Waals surface area contributed by atoms with Crippen LogP contribution in [0.4, 0.5) is 5.69 Å².